The van der Waals surface area contributed by atoms with Crippen LogP contribution in [0.3, 0.4) is 0 Å². The fourth-order valence-electron chi connectivity index (χ4n) is 2.96. The van der Waals surface area contributed by atoms with Gasteiger partial charge in [0.1, 0.15) is 0 Å². The molecule has 1 amide bonds. The number of thiophene rings is 1. The quantitative estimate of drug-likeness (QED) is 0.852. The second-order valence-electron chi connectivity index (χ2n) is 5.59. The third-order valence-corrected chi connectivity index (χ3v) is 5.00. The van der Waals surface area contributed by atoms with Gasteiger partial charge in [-0.15, -0.1) is 11.3 Å². The Morgan fingerprint density at radius 3 is 3.05 bits per heavy atom. The number of amides is 1. The molecule has 20 heavy (non-hydrogen) atoms. The minimum Gasteiger partial charge on any atom is -0.381 e. The van der Waals surface area contributed by atoms with Crippen LogP contribution in [0.4, 0.5) is 0 Å². The molecule has 3 rings (SSSR count). The summed E-state index contributed by atoms with van der Waals surface area (Å²) in [5.41, 5.74) is 0. The monoisotopic (exact) mass is 294 g/mol. The maximum atomic E-state index is 12.4. The molecule has 2 aliphatic rings. The van der Waals surface area contributed by atoms with Crippen molar-refractivity contribution >= 4 is 17.2 Å². The van der Waals surface area contributed by atoms with Gasteiger partial charge in [0, 0.05) is 44.2 Å². The van der Waals surface area contributed by atoms with Gasteiger partial charge < -0.3 is 9.64 Å². The van der Waals surface area contributed by atoms with Crippen LogP contribution in [-0.2, 0) is 16.1 Å². The molecule has 0 aromatic carbocycles. The van der Waals surface area contributed by atoms with E-state index in [1.807, 2.05) is 16.2 Å². The normalized spacial score (nSPS) is 24.8. The first-order valence-electron chi connectivity index (χ1n) is 7.44. The van der Waals surface area contributed by atoms with Crippen molar-refractivity contribution in [2.75, 3.05) is 39.4 Å². The molecule has 1 unspecified atom stereocenters. The maximum absolute atomic E-state index is 12.4. The predicted octanol–water partition coefficient (Wildman–Crippen LogP) is 1.82. The van der Waals surface area contributed by atoms with Crippen molar-refractivity contribution in [3.63, 3.8) is 0 Å². The molecule has 2 fully saturated rings. The number of rotatable bonds is 3. The number of carbonyl (C=O) groups excluding carboxylic acids is 1. The van der Waals surface area contributed by atoms with Crippen molar-refractivity contribution in [3.8, 4) is 0 Å². The molecule has 0 aliphatic carbocycles. The molecule has 5 heteroatoms. The zero-order valence-electron chi connectivity index (χ0n) is 11.8. The molecule has 2 saturated heterocycles. The minimum absolute atomic E-state index is 0.110. The van der Waals surface area contributed by atoms with E-state index in [-0.39, 0.29) is 5.92 Å². The molecule has 3 heterocycles. The van der Waals surface area contributed by atoms with Crippen molar-refractivity contribution in [3.05, 3.63) is 22.4 Å². The lowest BCUT2D eigenvalue weighted by Crippen LogP contribution is -2.39. The topological polar surface area (TPSA) is 32.8 Å². The summed E-state index contributed by atoms with van der Waals surface area (Å²) in [7, 11) is 0. The number of hydrogen-bond donors (Lipinski definition) is 0. The Morgan fingerprint density at radius 2 is 2.30 bits per heavy atom. The maximum Gasteiger partial charge on any atom is 0.228 e. The summed E-state index contributed by atoms with van der Waals surface area (Å²) in [5.74, 6) is 0.416. The van der Waals surface area contributed by atoms with Crippen molar-refractivity contribution in [2.45, 2.75) is 19.4 Å². The van der Waals surface area contributed by atoms with E-state index >= 15 is 0 Å². The van der Waals surface area contributed by atoms with E-state index in [1.165, 1.54) is 4.88 Å². The van der Waals surface area contributed by atoms with Crippen LogP contribution in [0.25, 0.3) is 0 Å². The Bertz CT molecular complexity index is 429. The van der Waals surface area contributed by atoms with Gasteiger partial charge in [0.05, 0.1) is 12.5 Å². The van der Waals surface area contributed by atoms with Gasteiger partial charge in [0.2, 0.25) is 5.91 Å². The van der Waals surface area contributed by atoms with E-state index in [9.17, 15) is 4.79 Å². The van der Waals surface area contributed by atoms with Crippen molar-refractivity contribution in [1.29, 1.82) is 0 Å². The van der Waals surface area contributed by atoms with E-state index in [2.05, 4.69) is 22.4 Å². The molecule has 1 aromatic rings. The van der Waals surface area contributed by atoms with Crippen LogP contribution in [0.5, 0.6) is 0 Å². The lowest BCUT2D eigenvalue weighted by molar-refractivity contribution is -0.135. The highest BCUT2D eigenvalue weighted by atomic mass is 32.1. The zero-order chi connectivity index (χ0) is 13.8. The SMILES string of the molecule is O=C(C1CCOC1)N1CCCN(Cc2cccs2)CC1. The molecule has 0 spiro atoms. The van der Waals surface area contributed by atoms with Crippen LogP contribution in [0.15, 0.2) is 17.5 Å². The second-order valence-corrected chi connectivity index (χ2v) is 6.63. The van der Waals surface area contributed by atoms with Gasteiger partial charge in [-0.25, -0.2) is 0 Å². The summed E-state index contributed by atoms with van der Waals surface area (Å²) in [6.07, 6.45) is 1.97. The van der Waals surface area contributed by atoms with Gasteiger partial charge in [-0.3, -0.25) is 9.69 Å². The van der Waals surface area contributed by atoms with Gasteiger partial charge in [0.15, 0.2) is 0 Å². The van der Waals surface area contributed by atoms with Gasteiger partial charge in [-0.1, -0.05) is 6.07 Å². The van der Waals surface area contributed by atoms with Gasteiger partial charge in [-0.2, -0.15) is 0 Å². The third-order valence-electron chi connectivity index (χ3n) is 4.14. The smallest absolute Gasteiger partial charge is 0.228 e. The second kappa shape index (κ2) is 6.70. The number of carbonyl (C=O) groups is 1. The van der Waals surface area contributed by atoms with E-state index in [0.717, 1.165) is 52.2 Å². The first kappa shape index (κ1) is 14.0. The Kier molecular flexibility index (Phi) is 4.70. The molecule has 2 aliphatic heterocycles. The van der Waals surface area contributed by atoms with E-state index in [0.29, 0.717) is 12.5 Å². The summed E-state index contributed by atoms with van der Waals surface area (Å²) in [6, 6.07) is 4.29. The molecule has 0 saturated carbocycles. The van der Waals surface area contributed by atoms with E-state index in [1.54, 1.807) is 0 Å². The van der Waals surface area contributed by atoms with E-state index < -0.39 is 0 Å². The van der Waals surface area contributed by atoms with E-state index in [4.69, 9.17) is 4.74 Å². The van der Waals surface area contributed by atoms with Crippen molar-refractivity contribution < 1.29 is 9.53 Å². The Morgan fingerprint density at radius 1 is 1.35 bits per heavy atom. The van der Waals surface area contributed by atoms with Crippen molar-refractivity contribution in [2.24, 2.45) is 5.92 Å². The zero-order valence-corrected chi connectivity index (χ0v) is 12.6. The molecule has 0 bridgehead atoms. The number of nitrogens with zero attached hydrogens (tertiary/aromatic N) is 2. The molecular weight excluding hydrogens is 272 g/mol. The van der Waals surface area contributed by atoms with Crippen LogP contribution in [0, 0.1) is 5.92 Å². The first-order valence-corrected chi connectivity index (χ1v) is 8.32. The molecular formula is C15H22N2O2S. The molecule has 1 atom stereocenters. The highest BCUT2D eigenvalue weighted by Gasteiger charge is 2.29. The van der Waals surface area contributed by atoms with Crippen LogP contribution in [0.1, 0.15) is 17.7 Å². The summed E-state index contributed by atoms with van der Waals surface area (Å²) < 4.78 is 5.34. The predicted molar refractivity (Wildman–Crippen MR) is 79.7 cm³/mol. The fraction of sp³-hybridized carbons (Fsp3) is 0.667. The highest BCUT2D eigenvalue weighted by molar-refractivity contribution is 7.09. The van der Waals surface area contributed by atoms with Crippen LogP contribution < -0.4 is 0 Å². The molecule has 0 N–H and O–H groups in total. The Balaban J connectivity index is 1.52. The molecule has 110 valence electrons. The van der Waals surface area contributed by atoms with Crippen molar-refractivity contribution in [1.82, 2.24) is 9.80 Å². The summed E-state index contributed by atoms with van der Waals surface area (Å²) in [4.78, 5) is 18.3. The molecule has 0 radical (unpaired) electrons. The summed E-state index contributed by atoms with van der Waals surface area (Å²) in [5, 5.41) is 2.13. The van der Waals surface area contributed by atoms with Crippen LogP contribution in [-0.4, -0.2) is 55.1 Å². The highest BCUT2D eigenvalue weighted by Crippen LogP contribution is 2.18. The standard InChI is InChI=1S/C15H22N2O2S/c18-15(13-4-9-19-12-13)17-6-2-5-16(7-8-17)11-14-3-1-10-20-14/h1,3,10,13H,2,4-9,11-12H2. The third kappa shape index (κ3) is 3.40. The Hall–Kier alpha value is -0.910. The fourth-order valence-corrected chi connectivity index (χ4v) is 3.71. The lowest BCUT2D eigenvalue weighted by Gasteiger charge is -2.23. The van der Waals surface area contributed by atoms with Gasteiger partial charge in [-0.05, 0) is 24.3 Å². The number of hydrogen-bond acceptors (Lipinski definition) is 4. The van der Waals surface area contributed by atoms with Crippen LogP contribution >= 0.6 is 11.3 Å². The molecule has 1 aromatic heterocycles. The lowest BCUT2D eigenvalue weighted by atomic mass is 10.1. The average molecular weight is 294 g/mol. The average Bonchev–Trinajstić information content (AvgIpc) is 3.10. The summed E-state index contributed by atoms with van der Waals surface area (Å²) >= 11 is 1.81. The van der Waals surface area contributed by atoms with Gasteiger partial charge in [0.25, 0.3) is 0 Å². The number of ether oxygens (including phenoxy) is 1. The van der Waals surface area contributed by atoms with Gasteiger partial charge >= 0.3 is 0 Å². The Labute approximate surface area is 124 Å². The molecule has 4 nitrogen and oxygen atoms in total. The minimum atomic E-state index is 0.110. The largest absolute Gasteiger partial charge is 0.381 e. The summed E-state index contributed by atoms with van der Waals surface area (Å²) in [6.45, 7) is 6.21. The first-order chi connectivity index (χ1) is 9.83. The van der Waals surface area contributed by atoms with Crippen LogP contribution in [0.2, 0.25) is 0 Å².